The zero-order valence-electron chi connectivity index (χ0n) is 7.86. The van der Waals surface area contributed by atoms with Crippen molar-refractivity contribution >= 4 is 15.9 Å². The van der Waals surface area contributed by atoms with Crippen LogP contribution >= 0.6 is 15.9 Å². The van der Waals surface area contributed by atoms with Gasteiger partial charge in [0.15, 0.2) is 0 Å². The Morgan fingerprint density at radius 3 is 2.71 bits per heavy atom. The Morgan fingerprint density at radius 2 is 2.14 bits per heavy atom. The van der Waals surface area contributed by atoms with E-state index < -0.39 is 0 Å². The van der Waals surface area contributed by atoms with Gasteiger partial charge in [-0.25, -0.2) is 4.98 Å². The highest BCUT2D eigenvalue weighted by atomic mass is 79.9. The maximum Gasteiger partial charge on any atom is 0.110 e. The van der Waals surface area contributed by atoms with E-state index in [1.807, 2.05) is 12.1 Å². The topological polar surface area (TPSA) is 64.9 Å². The van der Waals surface area contributed by atoms with Crippen molar-refractivity contribution in [3.05, 3.63) is 28.5 Å². The third kappa shape index (κ3) is 1.97. The van der Waals surface area contributed by atoms with Gasteiger partial charge >= 0.3 is 0 Å². The number of pyridine rings is 1. The number of halogens is 1. The van der Waals surface area contributed by atoms with Crippen molar-refractivity contribution in [3.8, 4) is 0 Å². The Balaban J connectivity index is 2.17. The van der Waals surface area contributed by atoms with Gasteiger partial charge in [-0.3, -0.25) is 0 Å². The molecule has 2 unspecified atom stereocenters. The van der Waals surface area contributed by atoms with Gasteiger partial charge in [-0.15, -0.1) is 0 Å². The van der Waals surface area contributed by atoms with Gasteiger partial charge in [0.1, 0.15) is 4.60 Å². The summed E-state index contributed by atoms with van der Waals surface area (Å²) < 4.78 is 0.809. The molecule has 0 radical (unpaired) electrons. The first-order valence-electron chi connectivity index (χ1n) is 4.81. The van der Waals surface area contributed by atoms with Gasteiger partial charge in [0.05, 0.1) is 0 Å². The van der Waals surface area contributed by atoms with E-state index in [4.69, 9.17) is 11.5 Å². The van der Waals surface area contributed by atoms with Crippen LogP contribution < -0.4 is 11.5 Å². The van der Waals surface area contributed by atoms with Crippen LogP contribution in [0.2, 0.25) is 0 Å². The molecule has 2 atom stereocenters. The number of nitrogens with two attached hydrogens (primary N) is 2. The predicted molar refractivity (Wildman–Crippen MR) is 59.6 cm³/mol. The number of rotatable bonds is 3. The molecule has 1 heterocycles. The SMILES string of the molecule is NC(c1cccnc1Br)C(N)C1CC1. The molecular formula is C10H14BrN3. The minimum Gasteiger partial charge on any atom is -0.326 e. The number of aromatic nitrogens is 1. The normalized spacial score (nSPS) is 20.5. The molecule has 1 aromatic rings. The summed E-state index contributed by atoms with van der Waals surface area (Å²) in [6.07, 6.45) is 4.17. The molecule has 4 N–H and O–H groups in total. The van der Waals surface area contributed by atoms with Crippen LogP contribution in [0.4, 0.5) is 0 Å². The van der Waals surface area contributed by atoms with E-state index in [0.29, 0.717) is 5.92 Å². The Labute approximate surface area is 92.0 Å². The molecule has 1 aromatic heterocycles. The van der Waals surface area contributed by atoms with Crippen LogP contribution in [0.1, 0.15) is 24.4 Å². The fourth-order valence-corrected chi connectivity index (χ4v) is 2.14. The molecular weight excluding hydrogens is 242 g/mol. The first-order chi connectivity index (χ1) is 6.70. The summed E-state index contributed by atoms with van der Waals surface area (Å²) >= 11 is 3.39. The number of nitrogens with zero attached hydrogens (tertiary/aromatic N) is 1. The third-order valence-electron chi connectivity index (χ3n) is 2.73. The molecule has 76 valence electrons. The fourth-order valence-electron chi connectivity index (χ4n) is 1.63. The van der Waals surface area contributed by atoms with Crippen LogP contribution in [0.3, 0.4) is 0 Å². The lowest BCUT2D eigenvalue weighted by Crippen LogP contribution is -2.36. The van der Waals surface area contributed by atoms with Crippen molar-refractivity contribution in [1.29, 1.82) is 0 Å². The molecule has 0 bridgehead atoms. The van der Waals surface area contributed by atoms with Crippen molar-refractivity contribution in [2.24, 2.45) is 17.4 Å². The van der Waals surface area contributed by atoms with Gasteiger partial charge in [-0.05, 0) is 40.8 Å². The molecule has 0 amide bonds. The zero-order valence-corrected chi connectivity index (χ0v) is 9.44. The summed E-state index contributed by atoms with van der Waals surface area (Å²) in [5.41, 5.74) is 13.1. The first kappa shape index (κ1) is 10.1. The quantitative estimate of drug-likeness (QED) is 0.807. The van der Waals surface area contributed by atoms with Gasteiger partial charge in [0.2, 0.25) is 0 Å². The second kappa shape index (κ2) is 3.96. The van der Waals surface area contributed by atoms with Crippen LogP contribution in [0.25, 0.3) is 0 Å². The van der Waals surface area contributed by atoms with Crippen molar-refractivity contribution in [1.82, 2.24) is 4.98 Å². The van der Waals surface area contributed by atoms with Crippen LogP contribution in [0, 0.1) is 5.92 Å². The molecule has 0 aliphatic heterocycles. The highest BCUT2D eigenvalue weighted by Crippen LogP contribution is 2.36. The lowest BCUT2D eigenvalue weighted by molar-refractivity contribution is 0.491. The number of hydrogen-bond acceptors (Lipinski definition) is 3. The highest BCUT2D eigenvalue weighted by molar-refractivity contribution is 9.10. The Kier molecular flexibility index (Phi) is 2.85. The van der Waals surface area contributed by atoms with E-state index in [0.717, 1.165) is 10.2 Å². The largest absolute Gasteiger partial charge is 0.326 e. The van der Waals surface area contributed by atoms with Crippen molar-refractivity contribution in [3.63, 3.8) is 0 Å². The standard InChI is InChI=1S/C10H14BrN3/c11-10-7(2-1-5-14-10)9(13)8(12)6-3-4-6/h1-2,5-6,8-9H,3-4,12-13H2. The molecule has 0 saturated heterocycles. The maximum atomic E-state index is 6.09. The minimum atomic E-state index is -0.106. The molecule has 3 nitrogen and oxygen atoms in total. The van der Waals surface area contributed by atoms with Crippen molar-refractivity contribution in [2.45, 2.75) is 24.9 Å². The van der Waals surface area contributed by atoms with Crippen LogP contribution in [0.5, 0.6) is 0 Å². The average molecular weight is 256 g/mol. The molecule has 0 aromatic carbocycles. The molecule has 2 rings (SSSR count). The molecule has 4 heteroatoms. The minimum absolute atomic E-state index is 0.0653. The summed E-state index contributed by atoms with van der Waals surface area (Å²) in [5.74, 6) is 0.608. The Hall–Kier alpha value is -0.450. The van der Waals surface area contributed by atoms with Gasteiger partial charge < -0.3 is 11.5 Å². The summed E-state index contributed by atoms with van der Waals surface area (Å²) in [4.78, 5) is 4.14. The lowest BCUT2D eigenvalue weighted by Gasteiger charge is -2.20. The predicted octanol–water partition coefficient (Wildman–Crippen LogP) is 1.58. The number of hydrogen-bond donors (Lipinski definition) is 2. The van der Waals surface area contributed by atoms with E-state index in [-0.39, 0.29) is 12.1 Å². The molecule has 1 fully saturated rings. The highest BCUT2D eigenvalue weighted by Gasteiger charge is 2.33. The summed E-state index contributed by atoms with van der Waals surface area (Å²) in [6, 6.07) is 3.82. The Morgan fingerprint density at radius 1 is 1.43 bits per heavy atom. The lowest BCUT2D eigenvalue weighted by atomic mass is 9.99. The molecule has 14 heavy (non-hydrogen) atoms. The van der Waals surface area contributed by atoms with Crippen LogP contribution in [-0.4, -0.2) is 11.0 Å². The summed E-state index contributed by atoms with van der Waals surface area (Å²) in [6.45, 7) is 0. The third-order valence-corrected chi connectivity index (χ3v) is 3.39. The Bertz CT molecular complexity index is 325. The van der Waals surface area contributed by atoms with Gasteiger partial charge in [0.25, 0.3) is 0 Å². The molecule has 0 spiro atoms. The smallest absolute Gasteiger partial charge is 0.110 e. The molecule has 1 aliphatic carbocycles. The summed E-state index contributed by atoms with van der Waals surface area (Å²) in [7, 11) is 0. The van der Waals surface area contributed by atoms with Gasteiger partial charge in [0, 0.05) is 23.8 Å². The van der Waals surface area contributed by atoms with Crippen LogP contribution in [-0.2, 0) is 0 Å². The molecule has 1 saturated carbocycles. The monoisotopic (exact) mass is 255 g/mol. The zero-order chi connectivity index (χ0) is 10.1. The molecule has 1 aliphatic rings. The average Bonchev–Trinajstić information content (AvgIpc) is 3.00. The van der Waals surface area contributed by atoms with Crippen molar-refractivity contribution < 1.29 is 0 Å². The fraction of sp³-hybridized carbons (Fsp3) is 0.500. The second-order valence-electron chi connectivity index (χ2n) is 3.82. The van der Waals surface area contributed by atoms with Crippen LogP contribution in [0.15, 0.2) is 22.9 Å². The van der Waals surface area contributed by atoms with Gasteiger partial charge in [-0.2, -0.15) is 0 Å². The summed E-state index contributed by atoms with van der Waals surface area (Å²) in [5, 5.41) is 0. The second-order valence-corrected chi connectivity index (χ2v) is 4.58. The van der Waals surface area contributed by atoms with Crippen molar-refractivity contribution in [2.75, 3.05) is 0 Å². The van der Waals surface area contributed by atoms with E-state index in [9.17, 15) is 0 Å². The van der Waals surface area contributed by atoms with E-state index >= 15 is 0 Å². The van der Waals surface area contributed by atoms with E-state index in [1.54, 1.807) is 6.20 Å². The first-order valence-corrected chi connectivity index (χ1v) is 5.61. The maximum absolute atomic E-state index is 6.09. The van der Waals surface area contributed by atoms with Gasteiger partial charge in [-0.1, -0.05) is 6.07 Å². The van der Waals surface area contributed by atoms with E-state index in [1.165, 1.54) is 12.8 Å². The van der Waals surface area contributed by atoms with E-state index in [2.05, 4.69) is 20.9 Å².